The van der Waals surface area contributed by atoms with Gasteiger partial charge in [-0.25, -0.2) is 13.2 Å². The molecule has 28 heavy (non-hydrogen) atoms. The molecular formula is C20H15NO6S. The summed E-state index contributed by atoms with van der Waals surface area (Å²) in [6.07, 6.45) is -0.797. The molecule has 0 heterocycles. The summed E-state index contributed by atoms with van der Waals surface area (Å²) in [6, 6.07) is 17.5. The lowest BCUT2D eigenvalue weighted by molar-refractivity contribution is -0.148. The first-order valence-electron chi connectivity index (χ1n) is 8.18. The van der Waals surface area contributed by atoms with Gasteiger partial charge >= 0.3 is 5.97 Å². The minimum atomic E-state index is -3.94. The number of sulfonamides is 1. The van der Waals surface area contributed by atoms with Crippen LogP contribution in [0.2, 0.25) is 0 Å². The molecule has 3 rings (SSSR count). The summed E-state index contributed by atoms with van der Waals surface area (Å²) in [5, 5.41) is 9.92. The topological polar surface area (TPSA) is 118 Å². The van der Waals surface area contributed by atoms with E-state index in [2.05, 4.69) is 4.72 Å². The van der Waals surface area contributed by atoms with Crippen LogP contribution in [0, 0.1) is 0 Å². The van der Waals surface area contributed by atoms with Gasteiger partial charge < -0.3 is 5.11 Å². The molecule has 0 unspecified atom stereocenters. The van der Waals surface area contributed by atoms with Crippen molar-refractivity contribution in [1.29, 1.82) is 0 Å². The number of carbonyl (C=O) groups is 3. The quantitative estimate of drug-likeness (QED) is 0.360. The highest BCUT2D eigenvalue weighted by Gasteiger charge is 2.20. The molecule has 3 aromatic carbocycles. The van der Waals surface area contributed by atoms with Gasteiger partial charge in [0, 0.05) is 16.6 Å². The number of carboxylic acids is 1. The second-order valence-corrected chi connectivity index (χ2v) is 7.64. The van der Waals surface area contributed by atoms with Crippen LogP contribution in [0.25, 0.3) is 10.8 Å². The average Bonchev–Trinajstić information content (AvgIpc) is 2.67. The van der Waals surface area contributed by atoms with E-state index in [9.17, 15) is 22.8 Å². The van der Waals surface area contributed by atoms with Crippen LogP contribution in [0.15, 0.2) is 71.6 Å². The van der Waals surface area contributed by atoms with Crippen molar-refractivity contribution in [2.75, 3.05) is 4.72 Å². The number of rotatable bonds is 7. The lowest BCUT2D eigenvalue weighted by Crippen LogP contribution is -2.17. The number of aliphatic carboxylic acids is 1. The normalized spacial score (nSPS) is 11.1. The summed E-state index contributed by atoms with van der Waals surface area (Å²) in [6.45, 7) is 0. The minimum absolute atomic E-state index is 0.0349. The van der Waals surface area contributed by atoms with E-state index >= 15 is 0 Å². The van der Waals surface area contributed by atoms with Gasteiger partial charge in [0.15, 0.2) is 5.78 Å². The summed E-state index contributed by atoms with van der Waals surface area (Å²) in [5.41, 5.74) is 0.161. The van der Waals surface area contributed by atoms with Crippen molar-refractivity contribution in [1.82, 2.24) is 0 Å². The van der Waals surface area contributed by atoms with Crippen molar-refractivity contribution in [2.45, 2.75) is 11.3 Å². The number of benzene rings is 3. The molecule has 7 nitrogen and oxygen atoms in total. The van der Waals surface area contributed by atoms with E-state index in [0.29, 0.717) is 5.39 Å². The third-order valence-corrected chi connectivity index (χ3v) is 5.48. The largest absolute Gasteiger partial charge is 0.475 e. The smallest absolute Gasteiger partial charge is 0.372 e. The van der Waals surface area contributed by atoms with Crippen molar-refractivity contribution in [3.8, 4) is 0 Å². The Balaban J connectivity index is 1.90. The molecule has 3 aromatic rings. The Hall–Kier alpha value is -3.52. The lowest BCUT2D eigenvalue weighted by atomic mass is 10.1. The van der Waals surface area contributed by atoms with Gasteiger partial charge in [-0.05, 0) is 23.6 Å². The molecule has 0 atom stereocenters. The SMILES string of the molecule is O=C(O)C(=O)CC(=O)c1cccc(NS(=O)(=O)c2cccc3ccccc23)c1. The highest BCUT2D eigenvalue weighted by atomic mass is 32.2. The third-order valence-electron chi connectivity index (χ3n) is 4.04. The number of nitrogens with one attached hydrogen (secondary N) is 1. The molecule has 8 heteroatoms. The van der Waals surface area contributed by atoms with Gasteiger partial charge in [0.25, 0.3) is 10.0 Å². The summed E-state index contributed by atoms with van der Waals surface area (Å²) in [4.78, 5) is 34.0. The molecule has 0 aromatic heterocycles. The molecule has 0 saturated carbocycles. The van der Waals surface area contributed by atoms with Crippen molar-refractivity contribution < 1.29 is 27.9 Å². The lowest BCUT2D eigenvalue weighted by Gasteiger charge is -2.11. The zero-order valence-corrected chi connectivity index (χ0v) is 15.3. The number of hydrogen-bond donors (Lipinski definition) is 2. The van der Waals surface area contributed by atoms with Crippen molar-refractivity contribution in [3.05, 3.63) is 72.3 Å². The van der Waals surface area contributed by atoms with Gasteiger partial charge in [0.05, 0.1) is 11.3 Å². The number of ketones is 2. The first-order chi connectivity index (χ1) is 13.3. The highest BCUT2D eigenvalue weighted by molar-refractivity contribution is 7.93. The molecule has 0 fully saturated rings. The standard InChI is InChI=1S/C20H15NO6S/c22-17(12-18(23)20(24)25)14-7-3-8-15(11-14)21-28(26,27)19-10-4-6-13-5-1-2-9-16(13)19/h1-11,21H,12H2,(H,24,25). The molecule has 0 bridgehead atoms. The van der Waals surface area contributed by atoms with E-state index in [4.69, 9.17) is 5.11 Å². The highest BCUT2D eigenvalue weighted by Crippen LogP contribution is 2.25. The first-order valence-corrected chi connectivity index (χ1v) is 9.66. The fourth-order valence-corrected chi connectivity index (χ4v) is 4.00. The Labute approximate surface area is 160 Å². The number of carboxylic acid groups (broad SMARTS) is 1. The second kappa shape index (κ2) is 7.61. The van der Waals surface area contributed by atoms with Gasteiger partial charge in [-0.15, -0.1) is 0 Å². The molecule has 0 radical (unpaired) electrons. The summed E-state index contributed by atoms with van der Waals surface area (Å²) < 4.78 is 28.1. The van der Waals surface area contributed by atoms with Gasteiger partial charge in [-0.3, -0.25) is 14.3 Å². The molecule has 0 amide bonds. The molecule has 0 aliphatic rings. The van der Waals surface area contributed by atoms with E-state index in [1.807, 2.05) is 0 Å². The first kappa shape index (κ1) is 19.2. The fourth-order valence-electron chi connectivity index (χ4n) is 2.72. The zero-order chi connectivity index (χ0) is 20.3. The summed E-state index contributed by atoms with van der Waals surface area (Å²) >= 11 is 0. The Morgan fingerprint density at radius 3 is 2.32 bits per heavy atom. The Bertz CT molecular complexity index is 1190. The zero-order valence-electron chi connectivity index (χ0n) is 14.5. The Morgan fingerprint density at radius 2 is 1.57 bits per heavy atom. The number of hydrogen-bond acceptors (Lipinski definition) is 5. The van der Waals surface area contributed by atoms with Crippen LogP contribution in [-0.2, 0) is 19.6 Å². The predicted molar refractivity (Wildman–Crippen MR) is 103 cm³/mol. The fraction of sp³-hybridized carbons (Fsp3) is 0.0500. The maximum atomic E-state index is 12.8. The number of anilines is 1. The summed E-state index contributed by atoms with van der Waals surface area (Å²) in [7, 11) is -3.94. The van der Waals surface area contributed by atoms with Gasteiger partial charge in [0.1, 0.15) is 0 Å². The predicted octanol–water partition coefficient (Wildman–Crippen LogP) is 2.87. The van der Waals surface area contributed by atoms with E-state index in [0.717, 1.165) is 5.39 Å². The van der Waals surface area contributed by atoms with Crippen LogP contribution in [0.3, 0.4) is 0 Å². The van der Waals surface area contributed by atoms with E-state index in [-0.39, 0.29) is 16.1 Å². The maximum Gasteiger partial charge on any atom is 0.372 e. The van der Waals surface area contributed by atoms with E-state index in [1.165, 1.54) is 30.3 Å². The Kier molecular flexibility index (Phi) is 5.23. The van der Waals surface area contributed by atoms with E-state index in [1.54, 1.807) is 36.4 Å². The molecule has 0 aliphatic heterocycles. The van der Waals surface area contributed by atoms with Crippen LogP contribution >= 0.6 is 0 Å². The summed E-state index contributed by atoms with van der Waals surface area (Å²) in [5.74, 6) is -3.63. The minimum Gasteiger partial charge on any atom is -0.475 e. The molecule has 0 spiro atoms. The van der Waals surface area contributed by atoms with Gasteiger partial charge in [0.2, 0.25) is 5.78 Å². The molecule has 142 valence electrons. The second-order valence-electron chi connectivity index (χ2n) is 5.99. The maximum absolute atomic E-state index is 12.8. The van der Waals surface area contributed by atoms with Crippen LogP contribution in [0.5, 0.6) is 0 Å². The average molecular weight is 397 g/mol. The number of carbonyl (C=O) groups excluding carboxylic acids is 2. The van der Waals surface area contributed by atoms with Crippen LogP contribution < -0.4 is 4.72 Å². The number of Topliss-reactive ketones (excluding diaryl/α,β-unsaturated/α-hetero) is 2. The van der Waals surface area contributed by atoms with E-state index < -0.39 is 34.0 Å². The van der Waals surface area contributed by atoms with Gasteiger partial charge in [-0.2, -0.15) is 0 Å². The third kappa shape index (κ3) is 4.07. The van der Waals surface area contributed by atoms with Crippen molar-refractivity contribution in [2.24, 2.45) is 0 Å². The Morgan fingerprint density at radius 1 is 0.893 bits per heavy atom. The van der Waals surface area contributed by atoms with Gasteiger partial charge in [-0.1, -0.05) is 48.5 Å². The molecular weight excluding hydrogens is 382 g/mol. The van der Waals surface area contributed by atoms with Crippen LogP contribution in [0.1, 0.15) is 16.8 Å². The van der Waals surface area contributed by atoms with Crippen molar-refractivity contribution >= 4 is 44.0 Å². The monoisotopic (exact) mass is 397 g/mol. The van der Waals surface area contributed by atoms with Crippen LogP contribution in [-0.4, -0.2) is 31.1 Å². The molecule has 2 N–H and O–H groups in total. The molecule has 0 saturated heterocycles. The van der Waals surface area contributed by atoms with Crippen LogP contribution in [0.4, 0.5) is 5.69 Å². The number of fused-ring (bicyclic) bond motifs is 1. The van der Waals surface area contributed by atoms with Crippen molar-refractivity contribution in [3.63, 3.8) is 0 Å². The molecule has 0 aliphatic carbocycles.